The van der Waals surface area contributed by atoms with Gasteiger partial charge in [-0.2, -0.15) is 0 Å². The summed E-state index contributed by atoms with van der Waals surface area (Å²) in [6.07, 6.45) is 7.54. The number of carbonyl (C=O) groups is 1. The minimum absolute atomic E-state index is 0.0377. The monoisotopic (exact) mass is 339 g/mol. The van der Waals surface area contributed by atoms with Gasteiger partial charge in [-0.05, 0) is 65.2 Å². The number of nitrogens with zero attached hydrogens (tertiary/aromatic N) is 1. The molecule has 1 aliphatic heterocycles. The molecule has 1 saturated heterocycles. The van der Waals surface area contributed by atoms with E-state index in [9.17, 15) is 9.18 Å². The Bertz CT molecular complexity index is 515. The van der Waals surface area contributed by atoms with Gasteiger partial charge in [0.25, 0.3) is 5.91 Å². The maximum Gasteiger partial charge on any atom is 0.253 e. The molecule has 1 aliphatic carbocycles. The van der Waals surface area contributed by atoms with E-state index in [4.69, 9.17) is 0 Å². The molecule has 0 N–H and O–H groups in total. The summed E-state index contributed by atoms with van der Waals surface area (Å²) in [5, 5.41) is 0. The van der Waals surface area contributed by atoms with Gasteiger partial charge in [-0.3, -0.25) is 4.79 Å². The van der Waals surface area contributed by atoms with Crippen LogP contribution in [0.3, 0.4) is 0 Å². The smallest absolute Gasteiger partial charge is 0.253 e. The fraction of sp³-hybridized carbons (Fsp3) is 0.562. The Morgan fingerprint density at radius 2 is 1.80 bits per heavy atom. The predicted molar refractivity (Wildman–Crippen MR) is 80.1 cm³/mol. The van der Waals surface area contributed by atoms with Crippen molar-refractivity contribution in [3.8, 4) is 0 Å². The molecule has 4 heteroatoms. The third-order valence-electron chi connectivity index (χ3n) is 4.94. The Labute approximate surface area is 127 Å². The fourth-order valence-electron chi connectivity index (χ4n) is 3.62. The molecule has 0 atom stereocenters. The highest BCUT2D eigenvalue weighted by Gasteiger charge is 2.38. The first kappa shape index (κ1) is 14.1. The molecule has 1 aromatic carbocycles. The molecule has 3 rings (SSSR count). The van der Waals surface area contributed by atoms with Crippen LogP contribution in [0.2, 0.25) is 0 Å². The van der Waals surface area contributed by atoms with Gasteiger partial charge in [-0.15, -0.1) is 0 Å². The Morgan fingerprint density at radius 3 is 2.40 bits per heavy atom. The lowest BCUT2D eigenvalue weighted by molar-refractivity contribution is 0.0587. The Balaban J connectivity index is 1.68. The van der Waals surface area contributed by atoms with Gasteiger partial charge in [-0.25, -0.2) is 4.39 Å². The van der Waals surface area contributed by atoms with Crippen LogP contribution < -0.4 is 0 Å². The largest absolute Gasteiger partial charge is 0.339 e. The van der Waals surface area contributed by atoms with Crippen LogP contribution in [-0.4, -0.2) is 23.9 Å². The predicted octanol–water partition coefficient (Wildman–Crippen LogP) is 4.38. The Hall–Kier alpha value is -0.900. The number of benzene rings is 1. The SMILES string of the molecule is O=C(c1ccc(Br)c(F)c1)N1CCC2(CCCC2)CC1. The van der Waals surface area contributed by atoms with Gasteiger partial charge in [0.05, 0.1) is 4.47 Å². The average molecular weight is 340 g/mol. The van der Waals surface area contributed by atoms with E-state index < -0.39 is 0 Å². The zero-order chi connectivity index (χ0) is 14.2. The summed E-state index contributed by atoms with van der Waals surface area (Å²) in [5.41, 5.74) is 0.954. The Kier molecular flexibility index (Phi) is 3.85. The second kappa shape index (κ2) is 5.47. The quantitative estimate of drug-likeness (QED) is 0.743. The number of piperidine rings is 1. The van der Waals surface area contributed by atoms with Gasteiger partial charge < -0.3 is 4.90 Å². The maximum absolute atomic E-state index is 13.5. The minimum Gasteiger partial charge on any atom is -0.339 e. The molecule has 1 aromatic rings. The third-order valence-corrected chi connectivity index (χ3v) is 5.59. The van der Waals surface area contributed by atoms with Crippen LogP contribution >= 0.6 is 15.9 Å². The van der Waals surface area contributed by atoms with Crippen LogP contribution in [0.15, 0.2) is 22.7 Å². The molecule has 0 bridgehead atoms. The number of carbonyl (C=O) groups excluding carboxylic acids is 1. The van der Waals surface area contributed by atoms with Gasteiger partial charge in [0.1, 0.15) is 5.82 Å². The van der Waals surface area contributed by atoms with Gasteiger partial charge in [0, 0.05) is 18.7 Å². The summed E-state index contributed by atoms with van der Waals surface area (Å²) in [4.78, 5) is 14.3. The summed E-state index contributed by atoms with van der Waals surface area (Å²) in [6.45, 7) is 1.63. The molecule has 1 spiro atoms. The Morgan fingerprint density at radius 1 is 1.15 bits per heavy atom. The summed E-state index contributed by atoms with van der Waals surface area (Å²) in [7, 11) is 0. The molecular formula is C16H19BrFNO. The van der Waals surface area contributed by atoms with E-state index in [2.05, 4.69) is 15.9 Å². The van der Waals surface area contributed by atoms with E-state index in [0.29, 0.717) is 15.5 Å². The summed E-state index contributed by atoms with van der Waals surface area (Å²) in [5.74, 6) is -0.413. The highest BCUT2D eigenvalue weighted by atomic mass is 79.9. The molecule has 108 valence electrons. The summed E-state index contributed by atoms with van der Waals surface area (Å²) < 4.78 is 13.9. The number of hydrogen-bond acceptors (Lipinski definition) is 1. The van der Waals surface area contributed by atoms with Crippen LogP contribution in [0.4, 0.5) is 4.39 Å². The molecule has 1 saturated carbocycles. The number of halogens is 2. The van der Waals surface area contributed by atoms with Crippen molar-refractivity contribution in [3.05, 3.63) is 34.1 Å². The third kappa shape index (κ3) is 2.62. The summed E-state index contributed by atoms with van der Waals surface area (Å²) in [6, 6.07) is 4.62. The van der Waals surface area contributed by atoms with Crippen LogP contribution in [0.25, 0.3) is 0 Å². The van der Waals surface area contributed by atoms with Crippen LogP contribution in [0.1, 0.15) is 48.9 Å². The first-order valence-electron chi connectivity index (χ1n) is 7.34. The number of rotatable bonds is 1. The molecule has 2 aliphatic rings. The van der Waals surface area contributed by atoms with Crippen LogP contribution in [0, 0.1) is 11.2 Å². The van der Waals surface area contributed by atoms with Gasteiger partial charge in [0.2, 0.25) is 0 Å². The number of likely N-dealkylation sites (tertiary alicyclic amines) is 1. The zero-order valence-electron chi connectivity index (χ0n) is 11.5. The molecule has 0 radical (unpaired) electrons. The number of amides is 1. The molecule has 0 aromatic heterocycles. The van der Waals surface area contributed by atoms with Crippen molar-refractivity contribution in [2.75, 3.05) is 13.1 Å². The maximum atomic E-state index is 13.5. The lowest BCUT2D eigenvalue weighted by Gasteiger charge is -2.39. The lowest BCUT2D eigenvalue weighted by atomic mass is 9.77. The van der Waals surface area contributed by atoms with Crippen LogP contribution in [0.5, 0.6) is 0 Å². The van der Waals surface area contributed by atoms with Crippen molar-refractivity contribution in [1.29, 1.82) is 0 Å². The first-order chi connectivity index (χ1) is 9.60. The van der Waals surface area contributed by atoms with Gasteiger partial charge in [0.15, 0.2) is 0 Å². The average Bonchev–Trinajstić information content (AvgIpc) is 2.90. The van der Waals surface area contributed by atoms with Gasteiger partial charge in [-0.1, -0.05) is 12.8 Å². The molecule has 20 heavy (non-hydrogen) atoms. The normalized spacial score (nSPS) is 21.4. The van der Waals surface area contributed by atoms with Crippen molar-refractivity contribution in [2.24, 2.45) is 5.41 Å². The van der Waals surface area contributed by atoms with Crippen molar-refractivity contribution in [1.82, 2.24) is 4.90 Å². The second-order valence-corrected chi connectivity index (χ2v) is 6.98. The first-order valence-corrected chi connectivity index (χ1v) is 8.13. The van der Waals surface area contributed by atoms with Gasteiger partial charge >= 0.3 is 0 Å². The molecule has 1 amide bonds. The zero-order valence-corrected chi connectivity index (χ0v) is 13.1. The topological polar surface area (TPSA) is 20.3 Å². The fourth-order valence-corrected chi connectivity index (χ4v) is 3.87. The highest BCUT2D eigenvalue weighted by Crippen LogP contribution is 2.46. The molecular weight excluding hydrogens is 321 g/mol. The van der Waals surface area contributed by atoms with Crippen molar-refractivity contribution < 1.29 is 9.18 Å². The van der Waals surface area contributed by atoms with E-state index in [1.165, 1.54) is 31.7 Å². The summed E-state index contributed by atoms with van der Waals surface area (Å²) >= 11 is 3.12. The van der Waals surface area contributed by atoms with Crippen LogP contribution in [-0.2, 0) is 0 Å². The van der Waals surface area contributed by atoms with E-state index in [-0.39, 0.29) is 11.7 Å². The standard InChI is InChI=1S/C16H19BrFNO/c17-13-4-3-12(11-14(13)18)15(20)19-9-7-16(8-10-19)5-1-2-6-16/h3-4,11H,1-2,5-10H2. The van der Waals surface area contributed by atoms with E-state index in [1.54, 1.807) is 12.1 Å². The minimum atomic E-state index is -0.375. The number of hydrogen-bond donors (Lipinski definition) is 0. The van der Waals surface area contributed by atoms with E-state index >= 15 is 0 Å². The van der Waals surface area contributed by atoms with E-state index in [0.717, 1.165) is 25.9 Å². The van der Waals surface area contributed by atoms with E-state index in [1.807, 2.05) is 4.90 Å². The molecule has 2 fully saturated rings. The molecule has 1 heterocycles. The van der Waals surface area contributed by atoms with Crippen molar-refractivity contribution in [2.45, 2.75) is 38.5 Å². The van der Waals surface area contributed by atoms with Crippen molar-refractivity contribution >= 4 is 21.8 Å². The second-order valence-electron chi connectivity index (χ2n) is 6.13. The molecule has 0 unspecified atom stereocenters. The lowest BCUT2D eigenvalue weighted by Crippen LogP contribution is -2.42. The highest BCUT2D eigenvalue weighted by molar-refractivity contribution is 9.10. The van der Waals surface area contributed by atoms with Crippen molar-refractivity contribution in [3.63, 3.8) is 0 Å². The molecule has 2 nitrogen and oxygen atoms in total.